The number of benzene rings is 1. The number of carboxylic acids is 1. The van der Waals surface area contributed by atoms with Gasteiger partial charge in [0.2, 0.25) is 5.91 Å². The van der Waals surface area contributed by atoms with E-state index in [2.05, 4.69) is 32.5 Å². The number of nitrogens with zero attached hydrogens (tertiary/aromatic N) is 7. The summed E-state index contributed by atoms with van der Waals surface area (Å²) < 4.78 is 3.01. The summed E-state index contributed by atoms with van der Waals surface area (Å²) >= 11 is 6.23. The van der Waals surface area contributed by atoms with E-state index in [9.17, 15) is 9.59 Å². The summed E-state index contributed by atoms with van der Waals surface area (Å²) in [5.41, 5.74) is 7.01. The van der Waals surface area contributed by atoms with Gasteiger partial charge in [0.1, 0.15) is 35.0 Å². The highest BCUT2D eigenvalue weighted by atomic mass is 35.5. The van der Waals surface area contributed by atoms with E-state index in [1.54, 1.807) is 13.0 Å². The molecule has 1 aliphatic rings. The van der Waals surface area contributed by atoms with Gasteiger partial charge in [-0.05, 0) is 31.5 Å². The summed E-state index contributed by atoms with van der Waals surface area (Å²) in [6.45, 7) is 4.04. The van der Waals surface area contributed by atoms with Gasteiger partial charge in [0, 0.05) is 17.0 Å². The van der Waals surface area contributed by atoms with Crippen molar-refractivity contribution in [2.75, 3.05) is 11.1 Å². The smallest absolute Gasteiger partial charge is 0.325 e. The zero-order valence-electron chi connectivity index (χ0n) is 19.0. The lowest BCUT2D eigenvalue weighted by molar-refractivity contribution is -0.137. The number of halogens is 1. The van der Waals surface area contributed by atoms with Gasteiger partial charge in [0.25, 0.3) is 0 Å². The number of carbonyl (C=O) groups excluding carboxylic acids is 1. The Bertz CT molecular complexity index is 1500. The van der Waals surface area contributed by atoms with Gasteiger partial charge in [0.05, 0.1) is 17.3 Å². The number of carbonyl (C=O) groups is 2. The van der Waals surface area contributed by atoms with Crippen molar-refractivity contribution in [3.8, 4) is 11.5 Å². The van der Waals surface area contributed by atoms with Crippen molar-refractivity contribution in [2.24, 2.45) is 0 Å². The molecule has 4 aromatic rings. The summed E-state index contributed by atoms with van der Waals surface area (Å²) in [5.74, 6) is -0.898. The number of hydrogen-bond acceptors (Lipinski definition) is 8. The summed E-state index contributed by atoms with van der Waals surface area (Å²) in [5, 5.41) is 25.8. The molecule has 3 aromatic heterocycles. The molecule has 4 N–H and O–H groups in total. The first-order valence-electron chi connectivity index (χ1n) is 11.0. The number of amides is 1. The Kier molecular flexibility index (Phi) is 5.39. The highest BCUT2D eigenvalue weighted by molar-refractivity contribution is 6.31. The molecule has 0 bridgehead atoms. The van der Waals surface area contributed by atoms with E-state index in [0.29, 0.717) is 22.8 Å². The molecule has 180 valence electrons. The van der Waals surface area contributed by atoms with Gasteiger partial charge in [-0.3, -0.25) is 14.3 Å². The lowest BCUT2D eigenvalue weighted by Gasteiger charge is -2.19. The van der Waals surface area contributed by atoms with Crippen LogP contribution < -0.4 is 11.1 Å². The van der Waals surface area contributed by atoms with E-state index in [1.807, 2.05) is 16.8 Å². The van der Waals surface area contributed by atoms with E-state index >= 15 is 0 Å². The first-order valence-corrected chi connectivity index (χ1v) is 11.4. The quantitative estimate of drug-likeness (QED) is 0.348. The monoisotopic (exact) mass is 495 g/mol. The molecule has 13 heteroatoms. The normalized spacial score (nSPS) is 17.1. The maximum absolute atomic E-state index is 13.1. The van der Waals surface area contributed by atoms with E-state index in [1.165, 1.54) is 6.20 Å². The number of aliphatic carboxylic acids is 1. The topological polar surface area (TPSA) is 167 Å². The van der Waals surface area contributed by atoms with Crippen molar-refractivity contribution in [3.05, 3.63) is 40.7 Å². The summed E-state index contributed by atoms with van der Waals surface area (Å²) in [4.78, 5) is 33.2. The third-order valence-electron chi connectivity index (χ3n) is 6.12. The molecule has 1 unspecified atom stereocenters. The molecular formula is C22H22ClN9O3. The van der Waals surface area contributed by atoms with Crippen molar-refractivity contribution < 1.29 is 14.7 Å². The Morgan fingerprint density at radius 1 is 1.31 bits per heavy atom. The van der Waals surface area contributed by atoms with Crippen LogP contribution in [0.1, 0.15) is 37.9 Å². The van der Waals surface area contributed by atoms with Crippen LogP contribution in [0.4, 0.5) is 11.6 Å². The molecule has 0 saturated heterocycles. The highest BCUT2D eigenvalue weighted by Crippen LogP contribution is 2.44. The molecule has 1 aromatic carbocycles. The van der Waals surface area contributed by atoms with Gasteiger partial charge in [0.15, 0.2) is 5.82 Å². The SMILES string of the molecule is CCCCn1nc(-c2nc(N)c3c(n2)NC(=O)C3(C)c2cn(CC(=O)O)nn2)c2ccc(Cl)cc21. The molecule has 35 heavy (non-hydrogen) atoms. The average molecular weight is 496 g/mol. The summed E-state index contributed by atoms with van der Waals surface area (Å²) in [6.07, 6.45) is 3.34. The Morgan fingerprint density at radius 3 is 2.86 bits per heavy atom. The van der Waals surface area contributed by atoms with Crippen LogP contribution >= 0.6 is 11.6 Å². The van der Waals surface area contributed by atoms with Crippen molar-refractivity contribution in [3.63, 3.8) is 0 Å². The standard InChI is InChI=1S/C22H22ClN9O3/c1-3-4-7-32-13-8-11(23)5-6-12(13)17(29-32)20-25-18(24)16-19(26-20)27-21(35)22(16,2)14-9-31(30-28-14)10-15(33)34/h5-6,8-9H,3-4,7,10H2,1-2H3,(H,33,34)(H3,24,25,26,27,35). The van der Waals surface area contributed by atoms with Crippen LogP contribution in [-0.2, 0) is 28.1 Å². The van der Waals surface area contributed by atoms with Crippen molar-refractivity contribution in [1.29, 1.82) is 0 Å². The summed E-state index contributed by atoms with van der Waals surface area (Å²) in [6, 6.07) is 5.48. The molecule has 12 nitrogen and oxygen atoms in total. The van der Waals surface area contributed by atoms with Crippen LogP contribution in [0, 0.1) is 0 Å². The number of aryl methyl sites for hydroxylation is 1. The fourth-order valence-corrected chi connectivity index (χ4v) is 4.46. The van der Waals surface area contributed by atoms with Crippen LogP contribution in [0.2, 0.25) is 5.02 Å². The van der Waals surface area contributed by atoms with Gasteiger partial charge in [-0.15, -0.1) is 5.10 Å². The number of carboxylic acid groups (broad SMARTS) is 1. The van der Waals surface area contributed by atoms with Crippen molar-refractivity contribution >= 4 is 46.0 Å². The number of aromatic nitrogens is 7. The first-order chi connectivity index (χ1) is 16.7. The average Bonchev–Trinajstić information content (AvgIpc) is 3.47. The van der Waals surface area contributed by atoms with E-state index in [-0.39, 0.29) is 29.7 Å². The maximum atomic E-state index is 13.1. The second-order valence-electron chi connectivity index (χ2n) is 8.52. The Hall–Kier alpha value is -4.06. The van der Waals surface area contributed by atoms with Crippen LogP contribution in [-0.4, -0.2) is 51.7 Å². The molecule has 0 fully saturated rings. The predicted molar refractivity (Wildman–Crippen MR) is 128 cm³/mol. The van der Waals surface area contributed by atoms with E-state index in [4.69, 9.17) is 27.5 Å². The number of rotatable bonds is 7. The minimum Gasteiger partial charge on any atom is -0.480 e. The van der Waals surface area contributed by atoms with Gasteiger partial charge in [-0.2, -0.15) is 5.10 Å². The molecule has 0 saturated carbocycles. The molecule has 1 aliphatic heterocycles. The lowest BCUT2D eigenvalue weighted by atomic mass is 9.81. The second-order valence-corrected chi connectivity index (χ2v) is 8.95. The number of nitrogen functional groups attached to an aromatic ring is 1. The third-order valence-corrected chi connectivity index (χ3v) is 6.36. The zero-order valence-corrected chi connectivity index (χ0v) is 19.7. The number of fused-ring (bicyclic) bond motifs is 2. The molecule has 1 amide bonds. The Balaban J connectivity index is 1.62. The van der Waals surface area contributed by atoms with Crippen molar-refractivity contribution in [1.82, 2.24) is 34.7 Å². The van der Waals surface area contributed by atoms with Gasteiger partial charge >= 0.3 is 5.97 Å². The second kappa shape index (κ2) is 8.31. The predicted octanol–water partition coefficient (Wildman–Crippen LogP) is 2.46. The number of unbranched alkanes of at least 4 members (excludes halogenated alkanes) is 1. The van der Waals surface area contributed by atoms with Gasteiger partial charge in [-0.1, -0.05) is 30.2 Å². The fourth-order valence-electron chi connectivity index (χ4n) is 4.29. The highest BCUT2D eigenvalue weighted by Gasteiger charge is 2.49. The van der Waals surface area contributed by atoms with Crippen LogP contribution in [0.15, 0.2) is 24.4 Å². The molecule has 1 atom stereocenters. The van der Waals surface area contributed by atoms with Crippen molar-refractivity contribution in [2.45, 2.75) is 45.2 Å². The Labute approximate surface area is 204 Å². The number of anilines is 2. The summed E-state index contributed by atoms with van der Waals surface area (Å²) in [7, 11) is 0. The molecule has 4 heterocycles. The molecule has 0 radical (unpaired) electrons. The minimum absolute atomic E-state index is 0.0869. The zero-order chi connectivity index (χ0) is 24.9. The minimum atomic E-state index is -1.34. The molecular weight excluding hydrogens is 474 g/mol. The molecule has 5 rings (SSSR count). The van der Waals surface area contributed by atoms with Gasteiger partial charge < -0.3 is 16.2 Å². The lowest BCUT2D eigenvalue weighted by Crippen LogP contribution is -2.33. The van der Waals surface area contributed by atoms with Crippen LogP contribution in [0.3, 0.4) is 0 Å². The van der Waals surface area contributed by atoms with Crippen LogP contribution in [0.5, 0.6) is 0 Å². The molecule has 0 spiro atoms. The number of nitrogens with one attached hydrogen (secondary N) is 1. The maximum Gasteiger partial charge on any atom is 0.325 e. The van der Waals surface area contributed by atoms with Crippen LogP contribution in [0.25, 0.3) is 22.4 Å². The Morgan fingerprint density at radius 2 is 2.11 bits per heavy atom. The fraction of sp³-hybridized carbons (Fsp3) is 0.318. The first kappa shape index (κ1) is 22.7. The van der Waals surface area contributed by atoms with E-state index < -0.39 is 17.3 Å². The number of nitrogens with two attached hydrogens (primary N) is 1. The third kappa shape index (κ3) is 3.66. The van der Waals surface area contributed by atoms with Gasteiger partial charge in [-0.25, -0.2) is 14.6 Å². The largest absolute Gasteiger partial charge is 0.480 e. The molecule has 0 aliphatic carbocycles. The van der Waals surface area contributed by atoms with E-state index in [0.717, 1.165) is 28.4 Å². The number of hydrogen-bond donors (Lipinski definition) is 3.